The van der Waals surface area contributed by atoms with Crippen molar-refractivity contribution in [3.8, 4) is 0 Å². The summed E-state index contributed by atoms with van der Waals surface area (Å²) in [6, 6.07) is 3.34. The number of halogens is 4. The van der Waals surface area contributed by atoms with Crippen LogP contribution < -0.4 is 5.32 Å². The molecule has 2 N–H and O–H groups in total. The number of rotatable bonds is 3. The molecule has 0 radical (unpaired) electrons. The van der Waals surface area contributed by atoms with Gasteiger partial charge in [0.2, 0.25) is 0 Å². The Bertz CT molecular complexity index is 399. The molecule has 0 amide bonds. The van der Waals surface area contributed by atoms with Gasteiger partial charge in [-0.1, -0.05) is 0 Å². The van der Waals surface area contributed by atoms with Crippen LogP contribution in [0.2, 0.25) is 0 Å². The van der Waals surface area contributed by atoms with Crippen molar-refractivity contribution in [3.05, 3.63) is 28.2 Å². The summed E-state index contributed by atoms with van der Waals surface area (Å²) in [6.07, 6.45) is -4.37. The molecule has 0 aliphatic heterocycles. The summed E-state index contributed by atoms with van der Waals surface area (Å²) in [7, 11) is 0. The maximum Gasteiger partial charge on any atom is 0.416 e. The molecule has 96 valence electrons. The van der Waals surface area contributed by atoms with Crippen molar-refractivity contribution in [3.63, 3.8) is 0 Å². The summed E-state index contributed by atoms with van der Waals surface area (Å²) >= 11 is 3.15. The third kappa shape index (κ3) is 4.55. The van der Waals surface area contributed by atoms with Crippen LogP contribution in [-0.4, -0.2) is 17.3 Å². The third-order valence-corrected chi connectivity index (χ3v) is 2.70. The van der Waals surface area contributed by atoms with E-state index in [4.69, 9.17) is 0 Å². The molecule has 17 heavy (non-hydrogen) atoms. The van der Waals surface area contributed by atoms with Gasteiger partial charge < -0.3 is 10.4 Å². The zero-order valence-corrected chi connectivity index (χ0v) is 11.0. The molecule has 0 aliphatic rings. The lowest BCUT2D eigenvalue weighted by Gasteiger charge is -2.20. The summed E-state index contributed by atoms with van der Waals surface area (Å²) in [5.41, 5.74) is -1.41. The molecule has 0 fully saturated rings. The maximum atomic E-state index is 12.5. The van der Waals surface area contributed by atoms with Crippen LogP contribution in [0.4, 0.5) is 18.9 Å². The Labute approximate surface area is 106 Å². The number of alkyl halides is 3. The van der Waals surface area contributed by atoms with E-state index in [1.165, 1.54) is 6.07 Å². The fourth-order valence-corrected chi connectivity index (χ4v) is 1.54. The predicted octanol–water partition coefficient (Wildman–Crippen LogP) is 3.65. The highest BCUT2D eigenvalue weighted by molar-refractivity contribution is 9.10. The van der Waals surface area contributed by atoms with Gasteiger partial charge in [-0.2, -0.15) is 13.2 Å². The number of hydrogen-bond donors (Lipinski definition) is 2. The molecule has 0 spiro atoms. The average molecular weight is 312 g/mol. The Morgan fingerprint density at radius 3 is 2.35 bits per heavy atom. The molecule has 0 aliphatic carbocycles. The molecule has 0 heterocycles. The molecular formula is C11H13BrF3NO. The number of aliphatic hydroxyl groups is 1. The highest BCUT2D eigenvalue weighted by Crippen LogP contribution is 2.34. The lowest BCUT2D eigenvalue weighted by atomic mass is 10.1. The third-order valence-electron chi connectivity index (χ3n) is 2.01. The number of benzene rings is 1. The first kappa shape index (κ1) is 14.3. The van der Waals surface area contributed by atoms with Gasteiger partial charge in [-0.15, -0.1) is 0 Å². The molecule has 2 nitrogen and oxygen atoms in total. The monoisotopic (exact) mass is 311 g/mol. The largest absolute Gasteiger partial charge is 0.416 e. The van der Waals surface area contributed by atoms with E-state index in [0.717, 1.165) is 12.1 Å². The van der Waals surface area contributed by atoms with Gasteiger partial charge in [-0.3, -0.25) is 0 Å². The molecular weight excluding hydrogens is 299 g/mol. The summed E-state index contributed by atoms with van der Waals surface area (Å²) in [5, 5.41) is 12.3. The van der Waals surface area contributed by atoms with Crippen molar-refractivity contribution in [2.45, 2.75) is 25.6 Å². The minimum atomic E-state index is -4.37. The Hall–Kier alpha value is -0.750. The van der Waals surface area contributed by atoms with Gasteiger partial charge >= 0.3 is 6.18 Å². The van der Waals surface area contributed by atoms with Crippen LogP contribution in [0.1, 0.15) is 19.4 Å². The second-order valence-electron chi connectivity index (χ2n) is 4.36. The smallest absolute Gasteiger partial charge is 0.389 e. The van der Waals surface area contributed by atoms with Gasteiger partial charge in [0.25, 0.3) is 0 Å². The van der Waals surface area contributed by atoms with Crippen LogP contribution in [-0.2, 0) is 6.18 Å². The molecule has 0 saturated heterocycles. The van der Waals surface area contributed by atoms with Crippen molar-refractivity contribution < 1.29 is 18.3 Å². The topological polar surface area (TPSA) is 32.3 Å². The molecule has 0 unspecified atom stereocenters. The van der Waals surface area contributed by atoms with Gasteiger partial charge in [-0.25, -0.2) is 0 Å². The van der Waals surface area contributed by atoms with Gasteiger partial charge in [0.15, 0.2) is 0 Å². The average Bonchev–Trinajstić information content (AvgIpc) is 2.13. The summed E-state index contributed by atoms with van der Waals surface area (Å²) in [5.74, 6) is 0. The molecule has 1 aromatic carbocycles. The quantitative estimate of drug-likeness (QED) is 0.893. The lowest BCUT2D eigenvalue weighted by Crippen LogP contribution is -2.29. The molecule has 6 heteroatoms. The summed E-state index contributed by atoms with van der Waals surface area (Å²) < 4.78 is 38.0. The minimum Gasteiger partial charge on any atom is -0.389 e. The van der Waals surface area contributed by atoms with Gasteiger partial charge in [0.1, 0.15) is 0 Å². The predicted molar refractivity (Wildman–Crippen MR) is 63.9 cm³/mol. The fourth-order valence-electron chi connectivity index (χ4n) is 1.15. The first-order chi connectivity index (χ1) is 7.59. The van der Waals surface area contributed by atoms with E-state index in [1.54, 1.807) is 13.8 Å². The van der Waals surface area contributed by atoms with Crippen molar-refractivity contribution in [2.24, 2.45) is 0 Å². The second-order valence-corrected chi connectivity index (χ2v) is 5.21. The Kier molecular flexibility index (Phi) is 4.09. The maximum absolute atomic E-state index is 12.5. The second kappa shape index (κ2) is 4.86. The van der Waals surface area contributed by atoms with Crippen LogP contribution in [0.15, 0.2) is 22.7 Å². The first-order valence-corrected chi connectivity index (χ1v) is 5.72. The fraction of sp³-hybridized carbons (Fsp3) is 0.455. The molecule has 1 rings (SSSR count). The standard InChI is InChI=1S/C11H13BrF3NO/c1-10(2,17)6-16-9-5-7(11(13,14)15)3-4-8(9)12/h3-5,16-17H,6H2,1-2H3. The van der Waals surface area contributed by atoms with Crippen LogP contribution in [0, 0.1) is 0 Å². The number of anilines is 1. The SMILES string of the molecule is CC(C)(O)CNc1cc(C(F)(F)F)ccc1Br. The van der Waals surface area contributed by atoms with E-state index in [2.05, 4.69) is 21.2 Å². The summed E-state index contributed by atoms with van der Waals surface area (Å²) in [4.78, 5) is 0. The number of hydrogen-bond acceptors (Lipinski definition) is 2. The molecule has 0 aromatic heterocycles. The molecule has 0 bridgehead atoms. The van der Waals surface area contributed by atoms with Crippen molar-refractivity contribution in [1.29, 1.82) is 0 Å². The van der Waals surface area contributed by atoms with E-state index < -0.39 is 17.3 Å². The molecule has 0 atom stereocenters. The number of nitrogens with one attached hydrogen (secondary N) is 1. The first-order valence-electron chi connectivity index (χ1n) is 4.92. The lowest BCUT2D eigenvalue weighted by molar-refractivity contribution is -0.137. The van der Waals surface area contributed by atoms with Crippen molar-refractivity contribution in [2.75, 3.05) is 11.9 Å². The van der Waals surface area contributed by atoms with Crippen molar-refractivity contribution in [1.82, 2.24) is 0 Å². The normalized spacial score (nSPS) is 12.6. The zero-order valence-electron chi connectivity index (χ0n) is 9.40. The van der Waals surface area contributed by atoms with E-state index in [0.29, 0.717) is 10.2 Å². The van der Waals surface area contributed by atoms with Crippen LogP contribution in [0.25, 0.3) is 0 Å². The van der Waals surface area contributed by atoms with Crippen molar-refractivity contribution >= 4 is 21.6 Å². The van der Waals surface area contributed by atoms with Crippen LogP contribution >= 0.6 is 15.9 Å². The van der Waals surface area contributed by atoms with E-state index >= 15 is 0 Å². The molecule has 1 aromatic rings. The minimum absolute atomic E-state index is 0.160. The van der Waals surface area contributed by atoms with E-state index in [-0.39, 0.29) is 6.54 Å². The Balaban J connectivity index is 2.92. The van der Waals surface area contributed by atoms with Crippen LogP contribution in [0.5, 0.6) is 0 Å². The summed E-state index contributed by atoms with van der Waals surface area (Å²) in [6.45, 7) is 3.30. The van der Waals surface area contributed by atoms with Gasteiger partial charge in [0.05, 0.1) is 11.2 Å². The van der Waals surface area contributed by atoms with Gasteiger partial charge in [-0.05, 0) is 48.0 Å². The van der Waals surface area contributed by atoms with E-state index in [1.807, 2.05) is 0 Å². The highest BCUT2D eigenvalue weighted by Gasteiger charge is 2.31. The Morgan fingerprint density at radius 2 is 1.88 bits per heavy atom. The molecule has 0 saturated carbocycles. The highest BCUT2D eigenvalue weighted by atomic mass is 79.9. The Morgan fingerprint density at radius 1 is 1.29 bits per heavy atom. The van der Waals surface area contributed by atoms with Gasteiger partial charge in [0, 0.05) is 16.7 Å². The zero-order chi connectivity index (χ0) is 13.3. The van der Waals surface area contributed by atoms with E-state index in [9.17, 15) is 18.3 Å². The van der Waals surface area contributed by atoms with Crippen LogP contribution in [0.3, 0.4) is 0 Å².